The van der Waals surface area contributed by atoms with Crippen LogP contribution in [0.5, 0.6) is 0 Å². The summed E-state index contributed by atoms with van der Waals surface area (Å²) >= 11 is 0. The molecule has 0 radical (unpaired) electrons. The average Bonchev–Trinajstić information content (AvgIpc) is 3.64. The summed E-state index contributed by atoms with van der Waals surface area (Å²) in [7, 11) is -3.74. The first-order valence-corrected chi connectivity index (χ1v) is 12.9. The van der Waals surface area contributed by atoms with Crippen molar-refractivity contribution >= 4 is 26.4 Å². The molecule has 1 aliphatic rings. The van der Waals surface area contributed by atoms with E-state index in [0.29, 0.717) is 40.7 Å². The Bertz CT molecular complexity index is 1640. The highest BCUT2D eigenvalue weighted by Crippen LogP contribution is 2.32. The van der Waals surface area contributed by atoms with Gasteiger partial charge in [-0.2, -0.15) is 9.61 Å². The fourth-order valence-electron chi connectivity index (χ4n) is 4.48. The van der Waals surface area contributed by atoms with Crippen LogP contribution in [0.15, 0.2) is 70.2 Å². The molecule has 0 aliphatic carbocycles. The quantitative estimate of drug-likeness (QED) is 0.384. The van der Waals surface area contributed by atoms with E-state index in [1.54, 1.807) is 42.0 Å². The van der Waals surface area contributed by atoms with Crippen LogP contribution in [-0.4, -0.2) is 47.5 Å². The SMILES string of the molecule is Cc1ccc(-c2nn3c(-c4ccco4)nnc3c3ccccc23)cc1S(=O)(=O)NC[C@H]1CCCO1. The first-order valence-electron chi connectivity index (χ1n) is 11.4. The number of hydrogen-bond acceptors (Lipinski definition) is 7. The van der Waals surface area contributed by atoms with E-state index in [1.807, 2.05) is 30.3 Å². The van der Waals surface area contributed by atoms with E-state index in [2.05, 4.69) is 14.9 Å². The van der Waals surface area contributed by atoms with Crippen molar-refractivity contribution in [2.45, 2.75) is 30.8 Å². The van der Waals surface area contributed by atoms with E-state index in [1.165, 1.54) is 0 Å². The highest BCUT2D eigenvalue weighted by Gasteiger charge is 2.23. The molecule has 0 spiro atoms. The van der Waals surface area contributed by atoms with Gasteiger partial charge in [0.25, 0.3) is 0 Å². The molecule has 0 unspecified atom stereocenters. The summed E-state index contributed by atoms with van der Waals surface area (Å²) in [5.74, 6) is 1.01. The van der Waals surface area contributed by atoms with Crippen molar-refractivity contribution < 1.29 is 17.6 Å². The average molecular weight is 490 g/mol. The molecule has 1 aliphatic heterocycles. The van der Waals surface area contributed by atoms with Gasteiger partial charge in [0.2, 0.25) is 15.8 Å². The molecular weight excluding hydrogens is 466 g/mol. The Hall–Kier alpha value is -3.60. The van der Waals surface area contributed by atoms with Gasteiger partial charge in [0.05, 0.1) is 23.0 Å². The second-order valence-corrected chi connectivity index (χ2v) is 10.3. The smallest absolute Gasteiger partial charge is 0.240 e. The second-order valence-electron chi connectivity index (χ2n) is 8.60. The number of aryl methyl sites for hydroxylation is 1. The van der Waals surface area contributed by atoms with Gasteiger partial charge in [-0.3, -0.25) is 0 Å². The Morgan fingerprint density at radius 2 is 1.94 bits per heavy atom. The molecule has 0 amide bonds. The second kappa shape index (κ2) is 8.56. The summed E-state index contributed by atoms with van der Waals surface area (Å²) in [4.78, 5) is 0.217. The Labute approximate surface area is 201 Å². The first-order chi connectivity index (χ1) is 17.0. The number of rotatable bonds is 6. The van der Waals surface area contributed by atoms with Gasteiger partial charge in [-0.1, -0.05) is 36.4 Å². The maximum Gasteiger partial charge on any atom is 0.240 e. The van der Waals surface area contributed by atoms with Crippen molar-refractivity contribution in [2.24, 2.45) is 0 Å². The molecule has 178 valence electrons. The van der Waals surface area contributed by atoms with Gasteiger partial charge in [0.15, 0.2) is 11.4 Å². The molecule has 9 nitrogen and oxygen atoms in total. The van der Waals surface area contributed by atoms with Crippen LogP contribution in [0, 0.1) is 6.92 Å². The molecule has 1 saturated heterocycles. The predicted molar refractivity (Wildman–Crippen MR) is 130 cm³/mol. The molecular formula is C25H23N5O4S. The third-order valence-corrected chi connectivity index (χ3v) is 7.85. The molecule has 10 heteroatoms. The number of fused-ring (bicyclic) bond motifs is 3. The fourth-order valence-corrected chi connectivity index (χ4v) is 5.81. The molecule has 2 aromatic carbocycles. The number of ether oxygens (including phenoxy) is 1. The van der Waals surface area contributed by atoms with Crippen molar-refractivity contribution in [2.75, 3.05) is 13.2 Å². The Balaban J connectivity index is 1.49. The lowest BCUT2D eigenvalue weighted by atomic mass is 10.0. The van der Waals surface area contributed by atoms with Crippen LogP contribution < -0.4 is 4.72 Å². The van der Waals surface area contributed by atoms with Crippen LogP contribution in [-0.2, 0) is 14.8 Å². The van der Waals surface area contributed by atoms with Crippen LogP contribution >= 0.6 is 0 Å². The highest BCUT2D eigenvalue weighted by molar-refractivity contribution is 7.89. The van der Waals surface area contributed by atoms with Gasteiger partial charge in [0.1, 0.15) is 0 Å². The zero-order valence-electron chi connectivity index (χ0n) is 19.0. The molecule has 3 aromatic heterocycles. The molecule has 5 aromatic rings. The number of aromatic nitrogens is 4. The normalized spacial score (nSPS) is 16.4. The van der Waals surface area contributed by atoms with Crippen molar-refractivity contribution in [3.8, 4) is 22.8 Å². The van der Waals surface area contributed by atoms with Gasteiger partial charge in [0, 0.05) is 29.5 Å². The van der Waals surface area contributed by atoms with Gasteiger partial charge in [-0.05, 0) is 43.5 Å². The van der Waals surface area contributed by atoms with Crippen LogP contribution in [0.2, 0.25) is 0 Å². The zero-order valence-corrected chi connectivity index (χ0v) is 19.8. The van der Waals surface area contributed by atoms with Gasteiger partial charge in [-0.15, -0.1) is 10.2 Å². The first kappa shape index (κ1) is 21.9. The lowest BCUT2D eigenvalue weighted by molar-refractivity contribution is 0.114. The Morgan fingerprint density at radius 1 is 1.09 bits per heavy atom. The molecule has 1 fully saturated rings. The topological polar surface area (TPSA) is 112 Å². The van der Waals surface area contributed by atoms with E-state index in [4.69, 9.17) is 14.3 Å². The van der Waals surface area contributed by atoms with Crippen molar-refractivity contribution in [1.29, 1.82) is 0 Å². The number of furan rings is 1. The maximum atomic E-state index is 13.2. The molecule has 1 N–H and O–H groups in total. The monoisotopic (exact) mass is 489 g/mol. The molecule has 0 bridgehead atoms. The summed E-state index contributed by atoms with van der Waals surface area (Å²) < 4.78 is 41.9. The molecule has 6 rings (SSSR count). The third kappa shape index (κ3) is 3.89. The van der Waals surface area contributed by atoms with Crippen LogP contribution in [0.25, 0.3) is 39.3 Å². The molecule has 0 saturated carbocycles. The summed E-state index contributed by atoms with van der Waals surface area (Å²) in [6.07, 6.45) is 3.29. The number of nitrogens with zero attached hydrogens (tertiary/aromatic N) is 4. The lowest BCUT2D eigenvalue weighted by Gasteiger charge is -2.14. The molecule has 35 heavy (non-hydrogen) atoms. The zero-order chi connectivity index (χ0) is 24.0. The maximum absolute atomic E-state index is 13.2. The van der Waals surface area contributed by atoms with Gasteiger partial charge >= 0.3 is 0 Å². The van der Waals surface area contributed by atoms with E-state index in [0.717, 1.165) is 23.6 Å². The van der Waals surface area contributed by atoms with E-state index in [9.17, 15) is 8.42 Å². The van der Waals surface area contributed by atoms with Crippen molar-refractivity contribution in [1.82, 2.24) is 24.5 Å². The Morgan fingerprint density at radius 3 is 2.71 bits per heavy atom. The Kier molecular flexibility index (Phi) is 5.36. The minimum Gasteiger partial charge on any atom is -0.461 e. The third-order valence-electron chi connectivity index (χ3n) is 6.28. The molecule has 4 heterocycles. The number of hydrogen-bond donors (Lipinski definition) is 1. The minimum atomic E-state index is -3.74. The predicted octanol–water partition coefficient (Wildman–Crippen LogP) is 3.97. The fraction of sp³-hybridized carbons (Fsp3) is 0.240. The van der Waals surface area contributed by atoms with Crippen molar-refractivity contribution in [3.05, 3.63) is 66.4 Å². The minimum absolute atomic E-state index is 0.0879. The van der Waals surface area contributed by atoms with Crippen LogP contribution in [0.3, 0.4) is 0 Å². The number of benzene rings is 2. The van der Waals surface area contributed by atoms with E-state index in [-0.39, 0.29) is 17.5 Å². The van der Waals surface area contributed by atoms with E-state index >= 15 is 0 Å². The summed E-state index contributed by atoms with van der Waals surface area (Å²) in [5, 5.41) is 15.2. The summed E-state index contributed by atoms with van der Waals surface area (Å²) in [5.41, 5.74) is 2.54. The lowest BCUT2D eigenvalue weighted by Crippen LogP contribution is -2.32. The summed E-state index contributed by atoms with van der Waals surface area (Å²) in [6.45, 7) is 2.71. The number of nitrogens with one attached hydrogen (secondary N) is 1. The van der Waals surface area contributed by atoms with Crippen LogP contribution in [0.1, 0.15) is 18.4 Å². The largest absolute Gasteiger partial charge is 0.461 e. The van der Waals surface area contributed by atoms with Gasteiger partial charge < -0.3 is 9.15 Å². The van der Waals surface area contributed by atoms with Crippen molar-refractivity contribution in [3.63, 3.8) is 0 Å². The number of sulfonamides is 1. The summed E-state index contributed by atoms with van der Waals surface area (Å²) in [6, 6.07) is 16.7. The van der Waals surface area contributed by atoms with Gasteiger partial charge in [-0.25, -0.2) is 13.1 Å². The molecule has 1 atom stereocenters. The standard InChI is InChI=1S/C25H23N5O4S/c1-16-10-11-17(14-22(16)35(31,32)26-15-18-6-4-12-33-18)23-19-7-2-3-8-20(19)24-27-28-25(30(24)29-23)21-9-5-13-34-21/h2-3,5,7-11,13-14,18,26H,4,6,12,15H2,1H3/t18-/m1/s1. The van der Waals surface area contributed by atoms with Crippen LogP contribution in [0.4, 0.5) is 0 Å². The van der Waals surface area contributed by atoms with E-state index < -0.39 is 10.0 Å². The highest BCUT2D eigenvalue weighted by atomic mass is 32.2.